The van der Waals surface area contributed by atoms with Gasteiger partial charge in [-0.2, -0.15) is 0 Å². The van der Waals surface area contributed by atoms with Gasteiger partial charge in [-0.05, 0) is 18.6 Å². The number of benzene rings is 1. The van der Waals surface area contributed by atoms with E-state index in [9.17, 15) is 20.0 Å². The molecule has 0 fully saturated rings. The molecular weight excluding hydrogens is 240 g/mol. The molecule has 98 valence electrons. The third kappa shape index (κ3) is 3.70. The number of nitro groups is 1. The molecule has 2 N–H and O–H groups in total. The van der Waals surface area contributed by atoms with Crippen LogP contribution in [0.25, 0.3) is 0 Å². The van der Waals surface area contributed by atoms with Crippen LogP contribution in [-0.4, -0.2) is 36.2 Å². The van der Waals surface area contributed by atoms with Crippen LogP contribution >= 0.6 is 0 Å². The second kappa shape index (κ2) is 6.55. The Bertz CT molecular complexity index is 447. The van der Waals surface area contributed by atoms with Crippen molar-refractivity contribution in [3.63, 3.8) is 0 Å². The maximum absolute atomic E-state index is 11.6. The minimum Gasteiger partial charge on any atom is -0.502 e. The van der Waals surface area contributed by atoms with Crippen molar-refractivity contribution in [1.29, 1.82) is 0 Å². The number of ether oxygens (including phenoxy) is 1. The molecule has 1 aromatic carbocycles. The molecule has 0 unspecified atom stereocenters. The molecule has 0 radical (unpaired) electrons. The molecule has 1 rings (SSSR count). The number of phenols is 1. The molecule has 1 aromatic rings. The van der Waals surface area contributed by atoms with E-state index in [2.05, 4.69) is 5.32 Å². The lowest BCUT2D eigenvalue weighted by molar-refractivity contribution is -0.385. The smallest absolute Gasteiger partial charge is 0.311 e. The monoisotopic (exact) mass is 254 g/mol. The molecule has 0 bridgehead atoms. The molecule has 0 atom stereocenters. The van der Waals surface area contributed by atoms with Crippen LogP contribution in [0.15, 0.2) is 18.2 Å². The Kier molecular flexibility index (Phi) is 5.06. The van der Waals surface area contributed by atoms with E-state index in [1.54, 1.807) is 7.11 Å². The summed E-state index contributed by atoms with van der Waals surface area (Å²) < 4.78 is 4.82. The number of hydrogen-bond acceptors (Lipinski definition) is 5. The third-order valence-electron chi connectivity index (χ3n) is 2.25. The van der Waals surface area contributed by atoms with Gasteiger partial charge in [-0.15, -0.1) is 0 Å². The van der Waals surface area contributed by atoms with E-state index >= 15 is 0 Å². The lowest BCUT2D eigenvalue weighted by Gasteiger charge is -2.05. The average Bonchev–Trinajstić information content (AvgIpc) is 2.34. The van der Waals surface area contributed by atoms with Crippen molar-refractivity contribution < 1.29 is 19.6 Å². The number of nitrogens with zero attached hydrogens (tertiary/aromatic N) is 1. The number of amides is 1. The quantitative estimate of drug-likeness (QED) is 0.449. The van der Waals surface area contributed by atoms with E-state index in [0.717, 1.165) is 12.1 Å². The Labute approximate surface area is 104 Å². The Morgan fingerprint density at radius 1 is 1.56 bits per heavy atom. The summed E-state index contributed by atoms with van der Waals surface area (Å²) in [6.45, 7) is 0.942. The lowest BCUT2D eigenvalue weighted by Crippen LogP contribution is -2.25. The Balaban J connectivity index is 2.68. The number of methoxy groups -OCH3 is 1. The van der Waals surface area contributed by atoms with Crippen molar-refractivity contribution in [3.8, 4) is 5.75 Å². The van der Waals surface area contributed by atoms with Crippen molar-refractivity contribution in [1.82, 2.24) is 5.32 Å². The number of aromatic hydroxyl groups is 1. The van der Waals surface area contributed by atoms with E-state index < -0.39 is 22.3 Å². The van der Waals surface area contributed by atoms with Gasteiger partial charge in [0.15, 0.2) is 5.75 Å². The number of nitro benzene ring substituents is 1. The maximum Gasteiger partial charge on any atom is 0.311 e. The fourth-order valence-corrected chi connectivity index (χ4v) is 1.33. The van der Waals surface area contributed by atoms with Crippen molar-refractivity contribution in [2.24, 2.45) is 0 Å². The van der Waals surface area contributed by atoms with Crippen molar-refractivity contribution >= 4 is 11.6 Å². The predicted molar refractivity (Wildman–Crippen MR) is 63.6 cm³/mol. The molecule has 0 heterocycles. The molecule has 0 aliphatic heterocycles. The molecule has 0 saturated heterocycles. The number of nitrogens with one attached hydrogen (secondary N) is 1. The predicted octanol–water partition coefficient (Wildman–Crippen LogP) is 1.07. The number of rotatable bonds is 6. The van der Waals surface area contributed by atoms with Gasteiger partial charge in [-0.1, -0.05) is 0 Å². The summed E-state index contributed by atoms with van der Waals surface area (Å²) in [7, 11) is 1.56. The summed E-state index contributed by atoms with van der Waals surface area (Å²) in [5, 5.41) is 22.4. The van der Waals surface area contributed by atoms with E-state index in [-0.39, 0.29) is 5.56 Å². The topological polar surface area (TPSA) is 102 Å². The first-order valence-corrected chi connectivity index (χ1v) is 5.30. The van der Waals surface area contributed by atoms with Crippen molar-refractivity contribution in [3.05, 3.63) is 33.9 Å². The minimum absolute atomic E-state index is 0.136. The summed E-state index contributed by atoms with van der Waals surface area (Å²) >= 11 is 0. The van der Waals surface area contributed by atoms with Crippen LogP contribution in [0.3, 0.4) is 0 Å². The molecule has 1 amide bonds. The summed E-state index contributed by atoms with van der Waals surface area (Å²) in [4.78, 5) is 21.5. The van der Waals surface area contributed by atoms with Crippen molar-refractivity contribution in [2.45, 2.75) is 6.42 Å². The van der Waals surface area contributed by atoms with Gasteiger partial charge in [0.05, 0.1) is 4.92 Å². The second-order valence-corrected chi connectivity index (χ2v) is 3.56. The van der Waals surface area contributed by atoms with Crippen LogP contribution in [-0.2, 0) is 4.74 Å². The first kappa shape index (κ1) is 13.9. The van der Waals surface area contributed by atoms with Gasteiger partial charge in [-0.25, -0.2) is 0 Å². The third-order valence-corrected chi connectivity index (χ3v) is 2.25. The number of hydrogen-bond donors (Lipinski definition) is 2. The molecule has 0 aliphatic rings. The van der Waals surface area contributed by atoms with Crippen LogP contribution in [0.4, 0.5) is 5.69 Å². The Hall–Kier alpha value is -2.15. The molecule has 0 aromatic heterocycles. The number of carbonyl (C=O) groups excluding carboxylic acids is 1. The van der Waals surface area contributed by atoms with Gasteiger partial charge >= 0.3 is 5.69 Å². The van der Waals surface area contributed by atoms with Crippen LogP contribution in [0.5, 0.6) is 5.75 Å². The van der Waals surface area contributed by atoms with Gasteiger partial charge in [0.25, 0.3) is 5.91 Å². The largest absolute Gasteiger partial charge is 0.502 e. The van der Waals surface area contributed by atoms with E-state index in [4.69, 9.17) is 4.74 Å². The van der Waals surface area contributed by atoms with Gasteiger partial charge in [-0.3, -0.25) is 14.9 Å². The SMILES string of the molecule is COCCCNC(=O)c1ccc(O)c([N+](=O)[O-])c1. The highest BCUT2D eigenvalue weighted by Gasteiger charge is 2.16. The van der Waals surface area contributed by atoms with Crippen LogP contribution < -0.4 is 5.32 Å². The van der Waals surface area contributed by atoms with E-state index in [1.165, 1.54) is 6.07 Å². The van der Waals surface area contributed by atoms with Gasteiger partial charge in [0.1, 0.15) is 0 Å². The minimum atomic E-state index is -0.739. The highest BCUT2D eigenvalue weighted by molar-refractivity contribution is 5.95. The summed E-state index contributed by atoms with van der Waals surface area (Å²) in [5.74, 6) is -0.884. The Morgan fingerprint density at radius 3 is 2.89 bits per heavy atom. The molecule has 18 heavy (non-hydrogen) atoms. The summed E-state index contributed by atoms with van der Waals surface area (Å²) in [6.07, 6.45) is 0.655. The molecule has 7 heteroatoms. The standard InChI is InChI=1S/C11H14N2O5/c1-18-6-2-5-12-11(15)8-3-4-10(14)9(7-8)13(16)17/h3-4,7,14H,2,5-6H2,1H3,(H,12,15). The number of carbonyl (C=O) groups is 1. The summed E-state index contributed by atoms with van der Waals surface area (Å²) in [6, 6.07) is 3.50. The molecule has 0 saturated carbocycles. The van der Waals surface area contributed by atoms with Crippen molar-refractivity contribution in [2.75, 3.05) is 20.3 Å². The number of phenolic OH excluding ortho intramolecular Hbond substituents is 1. The van der Waals surface area contributed by atoms with Gasteiger partial charge in [0.2, 0.25) is 0 Å². The zero-order valence-electron chi connectivity index (χ0n) is 9.88. The van der Waals surface area contributed by atoms with E-state index in [1.807, 2.05) is 0 Å². The highest BCUT2D eigenvalue weighted by atomic mass is 16.6. The zero-order chi connectivity index (χ0) is 13.5. The average molecular weight is 254 g/mol. The first-order chi connectivity index (χ1) is 8.56. The van der Waals surface area contributed by atoms with Crippen LogP contribution in [0.2, 0.25) is 0 Å². The van der Waals surface area contributed by atoms with E-state index in [0.29, 0.717) is 19.6 Å². The first-order valence-electron chi connectivity index (χ1n) is 5.30. The van der Waals surface area contributed by atoms with Crippen LogP contribution in [0, 0.1) is 10.1 Å². The fraction of sp³-hybridized carbons (Fsp3) is 0.364. The molecular formula is C11H14N2O5. The molecule has 7 nitrogen and oxygen atoms in total. The fourth-order valence-electron chi connectivity index (χ4n) is 1.33. The highest BCUT2D eigenvalue weighted by Crippen LogP contribution is 2.26. The Morgan fingerprint density at radius 2 is 2.28 bits per heavy atom. The maximum atomic E-state index is 11.6. The van der Waals surface area contributed by atoms with Crippen LogP contribution in [0.1, 0.15) is 16.8 Å². The molecule has 0 spiro atoms. The molecule has 0 aliphatic carbocycles. The zero-order valence-corrected chi connectivity index (χ0v) is 9.88. The van der Waals surface area contributed by atoms with Gasteiger partial charge in [0, 0.05) is 31.9 Å². The lowest BCUT2D eigenvalue weighted by atomic mass is 10.1. The summed E-state index contributed by atoms with van der Waals surface area (Å²) in [5.41, 5.74) is -0.351. The second-order valence-electron chi connectivity index (χ2n) is 3.56. The van der Waals surface area contributed by atoms with Gasteiger partial charge < -0.3 is 15.2 Å². The normalized spacial score (nSPS) is 10.1.